The van der Waals surface area contributed by atoms with Crippen LogP contribution >= 0.6 is 0 Å². The van der Waals surface area contributed by atoms with E-state index in [2.05, 4.69) is 43.3 Å². The van der Waals surface area contributed by atoms with Gasteiger partial charge in [0.1, 0.15) is 5.72 Å². The fourth-order valence-electron chi connectivity index (χ4n) is 11.1. The number of fused-ring (bicyclic) bond motifs is 7. The molecule has 12 atom stereocenters. The van der Waals surface area contributed by atoms with Crippen LogP contribution in [0.2, 0.25) is 0 Å². The smallest absolute Gasteiger partial charge is 0.185 e. The molecule has 0 aromatic rings. The lowest BCUT2D eigenvalue weighted by atomic mass is 9.44. The van der Waals surface area contributed by atoms with E-state index < -0.39 is 0 Å². The molecule has 36 heavy (non-hydrogen) atoms. The van der Waals surface area contributed by atoms with Crippen molar-refractivity contribution in [3.05, 3.63) is 0 Å². The Kier molecular flexibility index (Phi) is 6.44. The number of nitrogens with zero attached hydrogens (tertiary/aromatic N) is 1. The maximum Gasteiger partial charge on any atom is 0.185 e. The van der Waals surface area contributed by atoms with E-state index in [1.807, 2.05) is 0 Å². The molecule has 0 radical (unpaired) electrons. The van der Waals surface area contributed by atoms with Gasteiger partial charge < -0.3 is 21.5 Å². The summed E-state index contributed by atoms with van der Waals surface area (Å²) in [6.45, 7) is 13.0. The minimum Gasteiger partial charge on any atom is -0.370 e. The quantitative estimate of drug-likeness (QED) is 0.264. The number of nitrogens with two attached hydrogens (primary N) is 2. The maximum atomic E-state index is 7.07. The average Bonchev–Trinajstić information content (AvgIpc) is 3.29. The van der Waals surface area contributed by atoms with Crippen LogP contribution in [0.5, 0.6) is 0 Å². The van der Waals surface area contributed by atoms with Gasteiger partial charge in [0.25, 0.3) is 0 Å². The van der Waals surface area contributed by atoms with Crippen molar-refractivity contribution in [3.63, 3.8) is 0 Å². The second-order valence-corrected chi connectivity index (χ2v) is 14.6. The van der Waals surface area contributed by atoms with Crippen molar-refractivity contribution < 1.29 is 4.74 Å². The summed E-state index contributed by atoms with van der Waals surface area (Å²) in [6, 6.07) is 0.629. The number of aliphatic imine (C=N–C) groups is 1. The highest BCUT2D eigenvalue weighted by Gasteiger charge is 2.68. The lowest BCUT2D eigenvalue weighted by molar-refractivity contribution is -0.134. The van der Waals surface area contributed by atoms with Crippen molar-refractivity contribution in [2.24, 2.45) is 68.7 Å². The molecule has 1 spiro atoms. The summed E-state index contributed by atoms with van der Waals surface area (Å²) in [5.74, 6) is 5.90. The van der Waals surface area contributed by atoms with Crippen molar-refractivity contribution in [1.29, 1.82) is 0 Å². The number of rotatable bonds is 4. The van der Waals surface area contributed by atoms with Gasteiger partial charge in [0.15, 0.2) is 5.96 Å². The minimum atomic E-state index is -0.0388. The molecule has 204 valence electrons. The molecular weight excluding hydrogens is 446 g/mol. The first-order valence-electron chi connectivity index (χ1n) is 15.4. The van der Waals surface area contributed by atoms with Crippen LogP contribution in [0.1, 0.15) is 91.9 Å². The van der Waals surface area contributed by atoms with Crippen molar-refractivity contribution in [1.82, 2.24) is 10.6 Å². The molecule has 2 saturated heterocycles. The van der Waals surface area contributed by atoms with Crippen LogP contribution in [-0.2, 0) is 4.74 Å². The lowest BCUT2D eigenvalue weighted by Gasteiger charge is -2.61. The molecule has 0 aromatic carbocycles. The summed E-state index contributed by atoms with van der Waals surface area (Å²) in [6.07, 6.45) is 14.1. The Morgan fingerprint density at radius 3 is 2.53 bits per heavy atom. The molecule has 4 saturated carbocycles. The normalized spacial score (nSPS) is 53.8. The van der Waals surface area contributed by atoms with Gasteiger partial charge in [-0.25, -0.2) is 0 Å². The minimum absolute atomic E-state index is 0.0388. The van der Waals surface area contributed by atoms with Crippen molar-refractivity contribution in [3.8, 4) is 0 Å². The Morgan fingerprint density at radius 1 is 0.972 bits per heavy atom. The van der Waals surface area contributed by atoms with Crippen LogP contribution in [0.25, 0.3) is 0 Å². The van der Waals surface area contributed by atoms with Gasteiger partial charge in [-0.15, -0.1) is 0 Å². The Labute approximate surface area is 219 Å². The molecular formula is C30H53N5O. The van der Waals surface area contributed by atoms with E-state index in [0.29, 0.717) is 35.4 Å². The first-order chi connectivity index (χ1) is 17.2. The summed E-state index contributed by atoms with van der Waals surface area (Å²) >= 11 is 0. The monoisotopic (exact) mass is 499 g/mol. The fourth-order valence-corrected chi connectivity index (χ4v) is 11.1. The van der Waals surface area contributed by atoms with E-state index in [1.165, 1.54) is 64.2 Å². The van der Waals surface area contributed by atoms with E-state index in [9.17, 15) is 0 Å². The van der Waals surface area contributed by atoms with Gasteiger partial charge in [0.05, 0.1) is 12.6 Å². The van der Waals surface area contributed by atoms with Crippen molar-refractivity contribution in [2.75, 3.05) is 19.6 Å². The number of hydrogen-bond acceptors (Lipinski definition) is 4. The topological polar surface area (TPSA) is 97.7 Å². The standard InChI is InChI=1S/C30H53N5O/c1-18-7-12-30(35-17-18)19(2)26-25(36-30)16-24-22-6-5-20-15-21(33-13-14-34-27(31)32)8-10-28(20,3)23(22)9-11-29(24,26)4/h18-26,33,35H,5-17H2,1-4H3,(H4,31,32,34)/t18-,19-,20-,21?,22+,23-,24-,25-,26-,28-,29-,30-/m0/s1. The number of piperidine rings is 1. The zero-order valence-electron chi connectivity index (χ0n) is 23.4. The van der Waals surface area contributed by atoms with Crippen molar-refractivity contribution >= 4 is 5.96 Å². The molecule has 0 bridgehead atoms. The van der Waals surface area contributed by atoms with Gasteiger partial charge in [0, 0.05) is 25.0 Å². The fraction of sp³-hybridized carbons (Fsp3) is 0.967. The first-order valence-corrected chi connectivity index (χ1v) is 15.4. The van der Waals surface area contributed by atoms with E-state index >= 15 is 0 Å². The van der Waals surface area contributed by atoms with Crippen molar-refractivity contribution in [2.45, 2.75) is 110 Å². The van der Waals surface area contributed by atoms with Crippen LogP contribution in [0.3, 0.4) is 0 Å². The van der Waals surface area contributed by atoms with Crippen LogP contribution in [0, 0.1) is 52.3 Å². The van der Waals surface area contributed by atoms with Gasteiger partial charge in [0.2, 0.25) is 0 Å². The molecule has 6 fully saturated rings. The molecule has 6 nitrogen and oxygen atoms in total. The molecule has 6 aliphatic rings. The van der Waals surface area contributed by atoms with Crippen LogP contribution in [0.4, 0.5) is 0 Å². The third-order valence-corrected chi connectivity index (χ3v) is 13.0. The summed E-state index contributed by atoms with van der Waals surface area (Å²) in [5.41, 5.74) is 11.9. The Hall–Kier alpha value is -0.850. The maximum absolute atomic E-state index is 7.07. The molecule has 6 heteroatoms. The molecule has 2 heterocycles. The number of hydrogen-bond donors (Lipinski definition) is 4. The summed E-state index contributed by atoms with van der Waals surface area (Å²) < 4.78 is 7.07. The molecule has 1 unspecified atom stereocenters. The van der Waals surface area contributed by atoms with E-state index in [-0.39, 0.29) is 11.7 Å². The Bertz CT molecular complexity index is 850. The van der Waals surface area contributed by atoms with Gasteiger partial charge in [-0.3, -0.25) is 10.3 Å². The lowest BCUT2D eigenvalue weighted by Crippen LogP contribution is -2.58. The molecule has 4 aliphatic carbocycles. The summed E-state index contributed by atoms with van der Waals surface area (Å²) in [5, 5.41) is 7.68. The third-order valence-electron chi connectivity index (χ3n) is 13.0. The molecule has 0 aromatic heterocycles. The summed E-state index contributed by atoms with van der Waals surface area (Å²) in [7, 11) is 0. The second kappa shape index (κ2) is 9.12. The largest absolute Gasteiger partial charge is 0.370 e. The SMILES string of the molecule is C[C@H]1CC[C@]2(NC1)O[C@H]1C[C@H]3[C@@H]4CC[C@H]5CC(NCCN=C(N)N)CC[C@]5(C)[C@H]4CC[C@]3(C)[C@H]1[C@@H]2C. The van der Waals surface area contributed by atoms with Crippen LogP contribution < -0.4 is 22.1 Å². The first kappa shape index (κ1) is 25.4. The van der Waals surface area contributed by atoms with E-state index in [4.69, 9.17) is 16.2 Å². The molecule has 2 aliphatic heterocycles. The van der Waals surface area contributed by atoms with Gasteiger partial charge in [-0.1, -0.05) is 27.7 Å². The third kappa shape index (κ3) is 3.87. The van der Waals surface area contributed by atoms with Gasteiger partial charge in [-0.05, 0) is 111 Å². The van der Waals surface area contributed by atoms with Gasteiger partial charge >= 0.3 is 0 Å². The second-order valence-electron chi connectivity index (χ2n) is 14.6. The van der Waals surface area contributed by atoms with Gasteiger partial charge in [-0.2, -0.15) is 0 Å². The highest BCUT2D eigenvalue weighted by molar-refractivity contribution is 5.75. The Morgan fingerprint density at radius 2 is 1.78 bits per heavy atom. The van der Waals surface area contributed by atoms with Crippen LogP contribution in [-0.4, -0.2) is 43.5 Å². The number of guanidine groups is 1. The Balaban J connectivity index is 1.13. The van der Waals surface area contributed by atoms with E-state index in [1.54, 1.807) is 0 Å². The average molecular weight is 500 g/mol. The zero-order valence-corrected chi connectivity index (χ0v) is 23.4. The number of nitrogens with one attached hydrogen (secondary N) is 2. The summed E-state index contributed by atoms with van der Waals surface area (Å²) in [4.78, 5) is 4.15. The predicted molar refractivity (Wildman–Crippen MR) is 146 cm³/mol. The molecule has 6 N–H and O–H groups in total. The number of ether oxygens (including phenoxy) is 1. The van der Waals surface area contributed by atoms with Crippen LogP contribution in [0.15, 0.2) is 4.99 Å². The predicted octanol–water partition coefficient (Wildman–Crippen LogP) is 4.24. The zero-order chi connectivity index (χ0) is 25.3. The highest BCUT2D eigenvalue weighted by atomic mass is 16.5. The highest BCUT2D eigenvalue weighted by Crippen LogP contribution is 2.71. The molecule has 0 amide bonds. The van der Waals surface area contributed by atoms with E-state index in [0.717, 1.165) is 48.6 Å². The molecule has 6 rings (SSSR count).